The number of amides is 2. The maximum atomic E-state index is 12.3. The van der Waals surface area contributed by atoms with E-state index in [2.05, 4.69) is 19.2 Å². The van der Waals surface area contributed by atoms with Crippen molar-refractivity contribution in [1.82, 2.24) is 4.90 Å². The number of carbonyl (C=O) groups is 2. The van der Waals surface area contributed by atoms with Gasteiger partial charge in [-0.05, 0) is 47.7 Å². The largest absolute Gasteiger partial charge is 0.349 e. The average molecular weight is 338 g/mol. The second-order valence-corrected chi connectivity index (χ2v) is 6.72. The molecule has 0 radical (unpaired) electrons. The van der Waals surface area contributed by atoms with Gasteiger partial charge in [-0.2, -0.15) is 0 Å². The molecule has 0 aliphatic heterocycles. The van der Waals surface area contributed by atoms with Crippen molar-refractivity contribution < 1.29 is 9.59 Å². The summed E-state index contributed by atoms with van der Waals surface area (Å²) in [6.45, 7) is 4.26. The van der Waals surface area contributed by atoms with Crippen molar-refractivity contribution in [2.24, 2.45) is 0 Å². The molecule has 4 nitrogen and oxygen atoms in total. The molecular formula is C21H26N2O2. The molecule has 2 amide bonds. The number of nitrogens with zero attached hydrogens (tertiary/aromatic N) is 1. The molecular weight excluding hydrogens is 312 g/mol. The number of aryl methyl sites for hydroxylation is 1. The average Bonchev–Trinajstić information content (AvgIpc) is 2.60. The van der Waals surface area contributed by atoms with Crippen LogP contribution >= 0.6 is 0 Å². The van der Waals surface area contributed by atoms with Gasteiger partial charge >= 0.3 is 0 Å². The zero-order valence-corrected chi connectivity index (χ0v) is 15.4. The Kier molecular flexibility index (Phi) is 6.34. The van der Waals surface area contributed by atoms with E-state index in [0.717, 1.165) is 11.3 Å². The minimum atomic E-state index is -0.120. The summed E-state index contributed by atoms with van der Waals surface area (Å²) in [5, 5.41) is 2.90. The lowest BCUT2D eigenvalue weighted by Gasteiger charge is -2.10. The van der Waals surface area contributed by atoms with Crippen LogP contribution in [0.25, 0.3) is 0 Å². The van der Waals surface area contributed by atoms with Crippen LogP contribution in [0, 0.1) is 0 Å². The predicted octanol–water partition coefficient (Wildman–Crippen LogP) is 4.08. The number of benzene rings is 2. The molecule has 0 saturated heterocycles. The highest BCUT2D eigenvalue weighted by atomic mass is 16.2. The van der Waals surface area contributed by atoms with Crippen molar-refractivity contribution in [1.29, 1.82) is 0 Å². The summed E-state index contributed by atoms with van der Waals surface area (Å²) in [5.74, 6) is 0.442. The minimum Gasteiger partial charge on any atom is -0.349 e. The fraction of sp³-hybridized carbons (Fsp3) is 0.333. The van der Waals surface area contributed by atoms with Gasteiger partial charge in [-0.1, -0.05) is 38.1 Å². The third kappa shape index (κ3) is 5.45. The lowest BCUT2D eigenvalue weighted by molar-refractivity contribution is -0.128. The van der Waals surface area contributed by atoms with E-state index >= 15 is 0 Å². The van der Waals surface area contributed by atoms with Crippen LogP contribution in [0.2, 0.25) is 0 Å². The number of hydrogen-bond acceptors (Lipinski definition) is 2. The first kappa shape index (κ1) is 18.7. The monoisotopic (exact) mass is 338 g/mol. The summed E-state index contributed by atoms with van der Waals surface area (Å²) in [4.78, 5) is 25.5. The van der Waals surface area contributed by atoms with E-state index in [1.54, 1.807) is 19.0 Å². The molecule has 1 N–H and O–H groups in total. The molecule has 0 spiro atoms. The Labute approximate surface area is 149 Å². The normalized spacial score (nSPS) is 10.6. The molecule has 0 bridgehead atoms. The zero-order valence-electron chi connectivity index (χ0n) is 15.4. The maximum Gasteiger partial charge on any atom is 0.255 e. The highest BCUT2D eigenvalue weighted by molar-refractivity contribution is 6.04. The summed E-state index contributed by atoms with van der Waals surface area (Å²) in [5.41, 5.74) is 3.69. The zero-order chi connectivity index (χ0) is 18.4. The number of rotatable bonds is 6. The van der Waals surface area contributed by atoms with E-state index in [-0.39, 0.29) is 11.8 Å². The van der Waals surface area contributed by atoms with Gasteiger partial charge < -0.3 is 10.2 Å². The van der Waals surface area contributed by atoms with Crippen molar-refractivity contribution in [2.75, 3.05) is 19.4 Å². The predicted molar refractivity (Wildman–Crippen MR) is 102 cm³/mol. The van der Waals surface area contributed by atoms with Gasteiger partial charge in [0.1, 0.15) is 0 Å². The number of hydrogen-bond donors (Lipinski definition) is 1. The lowest BCUT2D eigenvalue weighted by atomic mass is 10.0. The van der Waals surface area contributed by atoms with Gasteiger partial charge in [0.25, 0.3) is 5.91 Å². The van der Waals surface area contributed by atoms with E-state index in [1.807, 2.05) is 48.5 Å². The highest BCUT2D eigenvalue weighted by Crippen LogP contribution is 2.16. The Bertz CT molecular complexity index is 717. The second-order valence-electron chi connectivity index (χ2n) is 6.72. The highest BCUT2D eigenvalue weighted by Gasteiger charge is 2.08. The smallest absolute Gasteiger partial charge is 0.255 e. The topological polar surface area (TPSA) is 49.4 Å². The Hall–Kier alpha value is -2.62. The first-order valence-electron chi connectivity index (χ1n) is 8.57. The third-order valence-electron chi connectivity index (χ3n) is 4.18. The van der Waals surface area contributed by atoms with Gasteiger partial charge in [-0.25, -0.2) is 0 Å². The van der Waals surface area contributed by atoms with Crippen LogP contribution in [0.4, 0.5) is 5.69 Å². The van der Waals surface area contributed by atoms with Crippen molar-refractivity contribution in [3.05, 3.63) is 65.2 Å². The third-order valence-corrected chi connectivity index (χ3v) is 4.18. The standard InChI is InChI=1S/C21H26N2O2/c1-15(2)17-8-10-18(11-9-17)21(25)22-19-12-5-16(6-13-19)7-14-20(24)23(3)4/h5-6,8-13,15H,7,14H2,1-4H3,(H,22,25). The number of nitrogens with one attached hydrogen (secondary N) is 1. The summed E-state index contributed by atoms with van der Waals surface area (Å²) >= 11 is 0. The van der Waals surface area contributed by atoms with E-state index in [0.29, 0.717) is 24.3 Å². The van der Waals surface area contributed by atoms with Gasteiger partial charge in [0.15, 0.2) is 0 Å². The molecule has 0 unspecified atom stereocenters. The van der Waals surface area contributed by atoms with E-state index in [4.69, 9.17) is 0 Å². The lowest BCUT2D eigenvalue weighted by Crippen LogP contribution is -2.21. The Balaban J connectivity index is 1.94. The van der Waals surface area contributed by atoms with Crippen LogP contribution in [-0.4, -0.2) is 30.8 Å². The van der Waals surface area contributed by atoms with Crippen molar-refractivity contribution in [2.45, 2.75) is 32.6 Å². The first-order valence-corrected chi connectivity index (χ1v) is 8.57. The SMILES string of the molecule is CC(C)c1ccc(C(=O)Nc2ccc(CCC(=O)N(C)C)cc2)cc1. The minimum absolute atomic E-state index is 0.113. The van der Waals surface area contributed by atoms with Gasteiger partial charge in [0.2, 0.25) is 5.91 Å². The molecule has 2 aromatic rings. The number of anilines is 1. The van der Waals surface area contributed by atoms with Gasteiger partial charge in [-0.3, -0.25) is 9.59 Å². The van der Waals surface area contributed by atoms with E-state index in [1.165, 1.54) is 5.56 Å². The molecule has 0 saturated carbocycles. The quantitative estimate of drug-likeness (QED) is 0.862. The molecule has 4 heteroatoms. The fourth-order valence-corrected chi connectivity index (χ4v) is 2.45. The van der Waals surface area contributed by atoms with Crippen LogP contribution in [0.1, 0.15) is 47.7 Å². The van der Waals surface area contributed by atoms with Crippen LogP contribution in [0.3, 0.4) is 0 Å². The Morgan fingerprint density at radius 3 is 2.08 bits per heavy atom. The van der Waals surface area contributed by atoms with Crippen molar-refractivity contribution in [3.8, 4) is 0 Å². The van der Waals surface area contributed by atoms with Crippen LogP contribution in [-0.2, 0) is 11.2 Å². The molecule has 0 atom stereocenters. The van der Waals surface area contributed by atoms with E-state index < -0.39 is 0 Å². The van der Waals surface area contributed by atoms with Crippen molar-refractivity contribution in [3.63, 3.8) is 0 Å². The Morgan fingerprint density at radius 1 is 0.960 bits per heavy atom. The van der Waals surface area contributed by atoms with Gasteiger partial charge in [0.05, 0.1) is 0 Å². The molecule has 0 heterocycles. The van der Waals surface area contributed by atoms with E-state index in [9.17, 15) is 9.59 Å². The maximum absolute atomic E-state index is 12.3. The molecule has 0 aromatic heterocycles. The van der Waals surface area contributed by atoms with Crippen LogP contribution < -0.4 is 5.32 Å². The molecule has 2 aromatic carbocycles. The van der Waals surface area contributed by atoms with Crippen LogP contribution in [0.15, 0.2) is 48.5 Å². The summed E-state index contributed by atoms with van der Waals surface area (Å²) in [6.07, 6.45) is 1.18. The molecule has 25 heavy (non-hydrogen) atoms. The first-order chi connectivity index (χ1) is 11.9. The van der Waals surface area contributed by atoms with Crippen LogP contribution in [0.5, 0.6) is 0 Å². The van der Waals surface area contributed by atoms with Gasteiger partial charge in [-0.15, -0.1) is 0 Å². The molecule has 2 rings (SSSR count). The summed E-state index contributed by atoms with van der Waals surface area (Å²) < 4.78 is 0. The molecule has 0 aliphatic rings. The van der Waals surface area contributed by atoms with Gasteiger partial charge in [0, 0.05) is 31.8 Å². The second kappa shape index (κ2) is 8.47. The summed E-state index contributed by atoms with van der Waals surface area (Å²) in [6, 6.07) is 15.3. The van der Waals surface area contributed by atoms with Crippen molar-refractivity contribution >= 4 is 17.5 Å². The molecule has 0 aliphatic carbocycles. The molecule has 0 fully saturated rings. The Morgan fingerprint density at radius 2 is 1.56 bits per heavy atom. The fourth-order valence-electron chi connectivity index (χ4n) is 2.45. The number of carbonyl (C=O) groups excluding carboxylic acids is 2. The summed E-state index contributed by atoms with van der Waals surface area (Å²) in [7, 11) is 3.52. The molecule has 132 valence electrons.